The molecule has 0 bridgehead atoms. The van der Waals surface area contributed by atoms with Crippen LogP contribution in [0.25, 0.3) is 0 Å². The first-order valence-corrected chi connectivity index (χ1v) is 12.6. The molecule has 0 fully saturated rings. The molecule has 0 aliphatic carbocycles. The molecule has 0 spiro atoms. The van der Waals surface area contributed by atoms with Crippen molar-refractivity contribution in [2.75, 3.05) is 0 Å². The number of hydrogen-bond donors (Lipinski definition) is 0. The number of halogens is 6. The van der Waals surface area contributed by atoms with Crippen LogP contribution in [0.4, 0.5) is 0 Å². The minimum absolute atomic E-state index is 0. The van der Waals surface area contributed by atoms with Crippen LogP contribution in [0.15, 0.2) is 48.5 Å². The van der Waals surface area contributed by atoms with Crippen LogP contribution < -0.4 is 0 Å². The van der Waals surface area contributed by atoms with Crippen molar-refractivity contribution in [3.63, 3.8) is 0 Å². The molecular formula is C18H18Br4Cl2O2. The first kappa shape index (κ1) is 28.5. The predicted octanol–water partition coefficient (Wildman–Crippen LogP) is 8.51. The van der Waals surface area contributed by atoms with Gasteiger partial charge in [0.1, 0.15) is 0 Å². The molecule has 1 unspecified atom stereocenters. The Morgan fingerprint density at radius 3 is 1.77 bits per heavy atom. The molecule has 0 amide bonds. The van der Waals surface area contributed by atoms with Gasteiger partial charge in [-0.2, -0.15) is 0 Å². The molecule has 0 aliphatic heterocycles. The number of carbonyl (C=O) groups excluding carboxylic acids is 2. The fraction of sp³-hybridized carbons (Fsp3) is 0.222. The van der Waals surface area contributed by atoms with Crippen LogP contribution in [0.1, 0.15) is 41.0 Å². The van der Waals surface area contributed by atoms with Crippen molar-refractivity contribution in [3.8, 4) is 0 Å². The number of alkyl halides is 1. The van der Waals surface area contributed by atoms with E-state index in [2.05, 4.69) is 44.2 Å². The van der Waals surface area contributed by atoms with E-state index < -0.39 is 0 Å². The van der Waals surface area contributed by atoms with Crippen molar-refractivity contribution in [1.82, 2.24) is 0 Å². The van der Waals surface area contributed by atoms with Crippen molar-refractivity contribution in [2.24, 2.45) is 0 Å². The number of rotatable bonds is 4. The lowest BCUT2D eigenvalue weighted by atomic mass is 10.1. The van der Waals surface area contributed by atoms with Crippen molar-refractivity contribution in [1.29, 1.82) is 0 Å². The van der Waals surface area contributed by atoms with Gasteiger partial charge in [-0.15, -0.1) is 17.0 Å². The molecular weight excluding hydrogens is 639 g/mol. The first-order chi connectivity index (χ1) is 11.8. The highest BCUT2D eigenvalue weighted by atomic mass is 80.9. The van der Waals surface area contributed by atoms with Gasteiger partial charge in [-0.25, -0.2) is 0 Å². The van der Waals surface area contributed by atoms with Crippen LogP contribution in [-0.2, 0) is 0 Å². The van der Waals surface area contributed by atoms with Crippen molar-refractivity contribution in [3.05, 3.63) is 69.7 Å². The molecule has 0 aliphatic rings. The Hall–Kier alpha value is 0.280. The van der Waals surface area contributed by atoms with Crippen LogP contribution in [-0.4, -0.2) is 16.4 Å². The minimum atomic E-state index is -0.157. The normalized spacial score (nSPS) is 10.1. The SMILES string of the molecule is Br.BrBr.CC(Br)C(=O)c1cccc(Cl)c1.CCC(=O)c1cccc(Cl)c1. The van der Waals surface area contributed by atoms with Gasteiger partial charge in [-0.05, 0) is 31.2 Å². The molecule has 0 radical (unpaired) electrons. The molecule has 2 nitrogen and oxygen atoms in total. The third-order valence-corrected chi connectivity index (χ3v) is 3.82. The average Bonchev–Trinajstić information content (AvgIpc) is 2.62. The van der Waals surface area contributed by atoms with E-state index in [0.717, 1.165) is 0 Å². The minimum Gasteiger partial charge on any atom is -0.294 e. The van der Waals surface area contributed by atoms with Crippen LogP contribution in [0, 0.1) is 0 Å². The van der Waals surface area contributed by atoms with Gasteiger partial charge in [0, 0.05) is 55.8 Å². The Morgan fingerprint density at radius 2 is 1.38 bits per heavy atom. The summed E-state index contributed by atoms with van der Waals surface area (Å²) < 4.78 is 0. The van der Waals surface area contributed by atoms with E-state index in [9.17, 15) is 9.59 Å². The number of hydrogen-bond acceptors (Lipinski definition) is 2. The summed E-state index contributed by atoms with van der Waals surface area (Å²) in [5.74, 6) is 0.185. The Kier molecular flexibility index (Phi) is 17.8. The third kappa shape index (κ3) is 11.2. The highest BCUT2D eigenvalue weighted by Crippen LogP contribution is 2.14. The second-order valence-corrected chi connectivity index (χ2v) is 7.02. The molecule has 26 heavy (non-hydrogen) atoms. The highest BCUT2D eigenvalue weighted by Gasteiger charge is 2.11. The van der Waals surface area contributed by atoms with E-state index in [4.69, 9.17) is 23.2 Å². The zero-order valence-corrected chi connectivity index (χ0v) is 22.0. The van der Waals surface area contributed by atoms with Crippen molar-refractivity contribution < 1.29 is 9.59 Å². The molecule has 2 aromatic carbocycles. The number of carbonyl (C=O) groups is 2. The molecule has 144 valence electrons. The number of ketones is 2. The van der Waals surface area contributed by atoms with E-state index in [1.54, 1.807) is 55.5 Å². The Balaban J connectivity index is 0. The van der Waals surface area contributed by atoms with Crippen LogP contribution in [0.2, 0.25) is 10.0 Å². The number of Topliss-reactive ketones (excluding diaryl/α,β-unsaturated/α-hetero) is 2. The van der Waals surface area contributed by atoms with Gasteiger partial charge in [-0.3, -0.25) is 9.59 Å². The van der Waals surface area contributed by atoms with Gasteiger partial charge in [0.05, 0.1) is 4.83 Å². The predicted molar refractivity (Wildman–Crippen MR) is 128 cm³/mol. The molecule has 0 N–H and O–H groups in total. The summed E-state index contributed by atoms with van der Waals surface area (Å²) >= 11 is 20.1. The van der Waals surface area contributed by atoms with Gasteiger partial charge >= 0.3 is 0 Å². The highest BCUT2D eigenvalue weighted by molar-refractivity contribution is 9.93. The Labute approximate surface area is 198 Å². The van der Waals surface area contributed by atoms with Crippen LogP contribution in [0.3, 0.4) is 0 Å². The smallest absolute Gasteiger partial charge is 0.176 e. The Bertz CT molecular complexity index is 694. The summed E-state index contributed by atoms with van der Waals surface area (Å²) in [6.45, 7) is 3.63. The second-order valence-electron chi connectivity index (χ2n) is 4.78. The van der Waals surface area contributed by atoms with E-state index in [-0.39, 0.29) is 33.4 Å². The average molecular weight is 657 g/mol. The zero-order valence-electron chi connectivity index (χ0n) is 14.0. The molecule has 2 rings (SSSR count). The maximum Gasteiger partial charge on any atom is 0.176 e. The summed E-state index contributed by atoms with van der Waals surface area (Å²) in [6, 6.07) is 13.9. The van der Waals surface area contributed by atoms with Gasteiger partial charge in [0.15, 0.2) is 11.6 Å². The summed E-state index contributed by atoms with van der Waals surface area (Å²) in [4.78, 5) is 22.3. The zero-order chi connectivity index (χ0) is 19.4. The number of benzene rings is 2. The summed E-state index contributed by atoms with van der Waals surface area (Å²) in [5.41, 5.74) is 1.34. The monoisotopic (exact) mass is 652 g/mol. The topological polar surface area (TPSA) is 34.1 Å². The fourth-order valence-corrected chi connectivity index (χ4v) is 2.38. The van der Waals surface area contributed by atoms with Crippen LogP contribution >= 0.6 is 84.4 Å². The molecule has 0 saturated heterocycles. The Morgan fingerprint density at radius 1 is 0.962 bits per heavy atom. The fourth-order valence-electron chi connectivity index (χ4n) is 1.74. The van der Waals surface area contributed by atoms with E-state index in [0.29, 0.717) is 27.6 Å². The van der Waals surface area contributed by atoms with Gasteiger partial charge in [0.25, 0.3) is 0 Å². The second kappa shape index (κ2) is 16.3. The van der Waals surface area contributed by atoms with E-state index in [1.807, 2.05) is 6.92 Å². The molecule has 2 aromatic rings. The summed E-state index contributed by atoms with van der Waals surface area (Å²) in [5, 5.41) is 1.21. The standard InChI is InChI=1S/C9H8BrClO.C9H9ClO.Br2.BrH/c1-6(10)9(12)7-3-2-4-8(11)5-7;1-2-9(11)7-4-3-5-8(10)6-7;1-2;/h2-6H,1H3;3-6H,2H2,1H3;;1H. The lowest BCUT2D eigenvalue weighted by Gasteiger charge is -2.01. The van der Waals surface area contributed by atoms with Gasteiger partial charge < -0.3 is 0 Å². The van der Waals surface area contributed by atoms with E-state index in [1.165, 1.54) is 0 Å². The summed E-state index contributed by atoms with van der Waals surface area (Å²) in [6.07, 6.45) is 0.528. The van der Waals surface area contributed by atoms with Crippen molar-refractivity contribution in [2.45, 2.75) is 25.1 Å². The van der Waals surface area contributed by atoms with E-state index >= 15 is 0 Å². The quantitative estimate of drug-likeness (QED) is 0.244. The lowest BCUT2D eigenvalue weighted by molar-refractivity contribution is 0.0983. The largest absolute Gasteiger partial charge is 0.294 e. The summed E-state index contributed by atoms with van der Waals surface area (Å²) in [7, 11) is 0. The molecule has 8 heteroatoms. The molecule has 0 saturated carbocycles. The van der Waals surface area contributed by atoms with Crippen molar-refractivity contribution >= 4 is 95.9 Å². The van der Waals surface area contributed by atoms with Gasteiger partial charge in [0.2, 0.25) is 0 Å². The lowest BCUT2D eigenvalue weighted by Crippen LogP contribution is -2.09. The maximum atomic E-state index is 11.4. The first-order valence-electron chi connectivity index (χ1n) is 7.22. The molecule has 1 atom stereocenters. The van der Waals surface area contributed by atoms with Gasteiger partial charge in [-0.1, -0.05) is 70.3 Å². The maximum absolute atomic E-state index is 11.4. The van der Waals surface area contributed by atoms with Crippen LogP contribution in [0.5, 0.6) is 0 Å². The molecule has 0 aromatic heterocycles. The molecule has 0 heterocycles. The third-order valence-electron chi connectivity index (χ3n) is 2.94.